The lowest BCUT2D eigenvalue weighted by atomic mass is 9.94. The number of nitrogens with zero attached hydrogens (tertiary/aromatic N) is 2. The quantitative estimate of drug-likeness (QED) is 0.343. The van der Waals surface area contributed by atoms with Crippen LogP contribution in [-0.4, -0.2) is 75.6 Å². The van der Waals surface area contributed by atoms with Gasteiger partial charge in [0.2, 0.25) is 5.78 Å². The number of nitrogens with one attached hydrogen (secondary N) is 1. The molecular weight excluding hydrogens is 623 g/mol. The molecule has 46 heavy (non-hydrogen) atoms. The summed E-state index contributed by atoms with van der Waals surface area (Å²) < 4.78 is 68.8. The second-order valence-corrected chi connectivity index (χ2v) is 13.5. The van der Waals surface area contributed by atoms with Crippen LogP contribution >= 0.6 is 0 Å². The lowest BCUT2D eigenvalue weighted by Gasteiger charge is -2.30. The van der Waals surface area contributed by atoms with E-state index < -0.39 is 39.3 Å². The Morgan fingerprint density at radius 1 is 0.913 bits per heavy atom. The number of sulfone groups is 1. The number of carbonyl (C=O) groups is 3. The first kappa shape index (κ1) is 33.1. The van der Waals surface area contributed by atoms with Gasteiger partial charge in [-0.25, -0.2) is 8.42 Å². The van der Waals surface area contributed by atoms with Crippen LogP contribution in [0, 0.1) is 0 Å². The summed E-state index contributed by atoms with van der Waals surface area (Å²) >= 11 is 0. The maximum Gasteiger partial charge on any atom is 0.416 e. The van der Waals surface area contributed by atoms with Crippen LogP contribution in [0.1, 0.15) is 46.3 Å². The lowest BCUT2D eigenvalue weighted by molar-refractivity contribution is -0.147. The van der Waals surface area contributed by atoms with Crippen molar-refractivity contribution in [3.63, 3.8) is 0 Å². The third-order valence-corrected chi connectivity index (χ3v) is 10.1. The van der Waals surface area contributed by atoms with E-state index in [-0.39, 0.29) is 42.0 Å². The molecule has 3 aromatic rings. The highest BCUT2D eigenvalue weighted by atomic mass is 32.2. The molecule has 0 aliphatic carbocycles. The highest BCUT2D eigenvalue weighted by Gasteiger charge is 2.42. The van der Waals surface area contributed by atoms with E-state index in [4.69, 9.17) is 4.74 Å². The van der Waals surface area contributed by atoms with Gasteiger partial charge in [0.15, 0.2) is 9.84 Å². The van der Waals surface area contributed by atoms with Crippen molar-refractivity contribution in [1.82, 2.24) is 10.2 Å². The molecule has 2 heterocycles. The number of hydrogen-bond acceptors (Lipinski definition) is 7. The van der Waals surface area contributed by atoms with Gasteiger partial charge in [0, 0.05) is 43.3 Å². The van der Waals surface area contributed by atoms with Gasteiger partial charge in [0.1, 0.15) is 0 Å². The molecule has 2 aliphatic heterocycles. The summed E-state index contributed by atoms with van der Waals surface area (Å²) in [7, 11) is -3.33. The van der Waals surface area contributed by atoms with Gasteiger partial charge in [-0.2, -0.15) is 13.2 Å². The highest BCUT2D eigenvalue weighted by Crippen LogP contribution is 2.37. The number of hydrogen-bond donors (Lipinski definition) is 1. The molecule has 0 saturated carbocycles. The minimum Gasteiger partial charge on any atom is -0.378 e. The van der Waals surface area contributed by atoms with Crippen molar-refractivity contribution in [2.24, 2.45) is 0 Å². The second-order valence-electron chi connectivity index (χ2n) is 11.3. The van der Waals surface area contributed by atoms with Gasteiger partial charge < -0.3 is 19.9 Å². The molecule has 9 nitrogen and oxygen atoms in total. The first-order valence-electron chi connectivity index (χ1n) is 14.9. The number of ketones is 1. The normalized spacial score (nSPS) is 18.8. The number of anilines is 1. The van der Waals surface area contributed by atoms with E-state index in [0.717, 1.165) is 17.7 Å². The Hall–Kier alpha value is -4.23. The van der Waals surface area contributed by atoms with Crippen molar-refractivity contribution in [3.8, 4) is 0 Å². The summed E-state index contributed by atoms with van der Waals surface area (Å²) in [5.74, 6) is -1.91. The van der Waals surface area contributed by atoms with E-state index in [9.17, 15) is 36.0 Å². The third-order valence-electron chi connectivity index (χ3n) is 8.40. The molecule has 2 aliphatic rings. The van der Waals surface area contributed by atoms with Gasteiger partial charge >= 0.3 is 6.18 Å². The molecule has 2 fully saturated rings. The Labute approximate surface area is 265 Å². The maximum atomic E-state index is 13.6. The molecule has 0 aromatic heterocycles. The van der Waals surface area contributed by atoms with Gasteiger partial charge in [-0.15, -0.1) is 0 Å². The molecule has 0 spiro atoms. The van der Waals surface area contributed by atoms with Crippen LogP contribution in [0.25, 0.3) is 0 Å². The van der Waals surface area contributed by atoms with Crippen LogP contribution in [0.3, 0.4) is 0 Å². The molecule has 1 unspecified atom stereocenters. The Morgan fingerprint density at radius 3 is 2.13 bits per heavy atom. The van der Waals surface area contributed by atoms with Crippen molar-refractivity contribution in [2.45, 2.75) is 42.9 Å². The number of Topliss-reactive ketones (excluding diaryl/α,β-unsaturated/α-hetero) is 1. The van der Waals surface area contributed by atoms with Crippen LogP contribution in [-0.2, 0) is 36.9 Å². The maximum absolute atomic E-state index is 13.6. The average molecular weight is 658 g/mol. The van der Waals surface area contributed by atoms with Crippen molar-refractivity contribution >= 4 is 33.1 Å². The summed E-state index contributed by atoms with van der Waals surface area (Å²) in [6.07, 6.45) is -4.24. The smallest absolute Gasteiger partial charge is 0.378 e. The zero-order valence-electron chi connectivity index (χ0n) is 25.1. The van der Waals surface area contributed by atoms with Crippen LogP contribution in [0.2, 0.25) is 0 Å². The fourth-order valence-corrected chi connectivity index (χ4v) is 6.57. The first-order valence-corrected chi connectivity index (χ1v) is 16.6. The molecule has 2 saturated heterocycles. The lowest BCUT2D eigenvalue weighted by Crippen LogP contribution is -2.49. The zero-order chi connectivity index (χ0) is 33.1. The number of amides is 2. The van der Waals surface area contributed by atoms with E-state index in [1.807, 2.05) is 0 Å². The van der Waals surface area contributed by atoms with Crippen molar-refractivity contribution in [2.75, 3.05) is 43.5 Å². The van der Waals surface area contributed by atoms with Crippen molar-refractivity contribution in [3.05, 3.63) is 95.1 Å². The van der Waals surface area contributed by atoms with Crippen LogP contribution in [0.15, 0.2) is 77.7 Å². The van der Waals surface area contributed by atoms with Crippen LogP contribution < -0.4 is 10.2 Å². The summed E-state index contributed by atoms with van der Waals surface area (Å²) in [6, 6.07) is 16.8. The fourth-order valence-electron chi connectivity index (χ4n) is 5.69. The van der Waals surface area contributed by atoms with Gasteiger partial charge in [0.05, 0.1) is 35.5 Å². The Morgan fingerprint density at radius 2 is 1.54 bits per heavy atom. The van der Waals surface area contributed by atoms with Gasteiger partial charge in [-0.05, 0) is 66.1 Å². The minimum absolute atomic E-state index is 0.00863. The van der Waals surface area contributed by atoms with Crippen molar-refractivity contribution in [1.29, 1.82) is 0 Å². The Kier molecular flexibility index (Phi) is 9.82. The van der Waals surface area contributed by atoms with Gasteiger partial charge in [-0.1, -0.05) is 31.2 Å². The summed E-state index contributed by atoms with van der Waals surface area (Å²) in [4.78, 5) is 43.0. The summed E-state index contributed by atoms with van der Waals surface area (Å²) in [5.41, 5.74) is 1.52. The predicted molar refractivity (Wildman–Crippen MR) is 164 cm³/mol. The van der Waals surface area contributed by atoms with Crippen molar-refractivity contribution < 1.29 is 40.7 Å². The molecule has 1 N–H and O–H groups in total. The summed E-state index contributed by atoms with van der Waals surface area (Å²) in [5, 5.41) is 2.80. The molecule has 2 amide bonds. The first-order chi connectivity index (χ1) is 21.9. The van der Waals surface area contributed by atoms with Crippen LogP contribution in [0.5, 0.6) is 0 Å². The third kappa shape index (κ3) is 7.42. The van der Waals surface area contributed by atoms with Crippen LogP contribution in [0.4, 0.5) is 18.9 Å². The highest BCUT2D eigenvalue weighted by molar-refractivity contribution is 7.91. The fraction of sp³-hybridized carbons (Fsp3) is 0.364. The number of ether oxygens (including phenoxy) is 1. The van der Waals surface area contributed by atoms with E-state index in [2.05, 4.69) is 5.32 Å². The molecular formula is C33H34F3N3O6S. The molecule has 0 radical (unpaired) electrons. The second kappa shape index (κ2) is 13.6. The van der Waals surface area contributed by atoms with E-state index in [1.165, 1.54) is 29.2 Å². The molecule has 5 rings (SSSR count). The Balaban J connectivity index is 1.31. The molecule has 244 valence electrons. The monoisotopic (exact) mass is 657 g/mol. The number of alkyl halides is 3. The standard InChI is InChI=1S/C33H34F3N3O6S/c1-2-46(43,44)28-13-3-22(4-14-28)20-37-31(41)24-7-11-27(12-8-24)39-21-25(23-5-9-26(10-6-23)33(34,35)36)19-29(39)30(40)32(42)38-15-17-45-18-16-38/h3-14,25,29H,2,15-21H2,1H3,(H,37,41)/t25?,29-/m0/s1. The van der Waals surface area contributed by atoms with Gasteiger partial charge in [0.25, 0.3) is 11.8 Å². The Bertz CT molecular complexity index is 1670. The van der Waals surface area contributed by atoms with E-state index in [1.54, 1.807) is 48.2 Å². The molecule has 3 aromatic carbocycles. The largest absolute Gasteiger partial charge is 0.416 e. The zero-order valence-corrected chi connectivity index (χ0v) is 25.9. The molecule has 2 atom stereocenters. The molecule has 13 heteroatoms. The number of morpholine rings is 1. The number of benzene rings is 3. The number of halogens is 3. The topological polar surface area (TPSA) is 113 Å². The van der Waals surface area contributed by atoms with E-state index in [0.29, 0.717) is 43.1 Å². The van der Waals surface area contributed by atoms with Gasteiger partial charge in [-0.3, -0.25) is 14.4 Å². The summed E-state index contributed by atoms with van der Waals surface area (Å²) in [6.45, 7) is 3.28. The SMILES string of the molecule is CCS(=O)(=O)c1ccc(CNC(=O)c2ccc(N3CC(c4ccc(C(F)(F)F)cc4)C[C@H]3C(=O)C(=O)N3CCOCC3)cc2)cc1. The average Bonchev–Trinajstić information content (AvgIpc) is 3.52. The predicted octanol–water partition coefficient (Wildman–Crippen LogP) is 4.22. The van der Waals surface area contributed by atoms with E-state index >= 15 is 0 Å². The molecule has 0 bridgehead atoms. The number of carbonyl (C=O) groups excluding carboxylic acids is 3. The minimum atomic E-state index is -4.47. The number of rotatable bonds is 9.